The number of nitrogens with two attached hydrogens (primary N) is 1. The number of fused-ring (bicyclic) bond motifs is 2. The minimum Gasteiger partial charge on any atom is -0.350 e. The summed E-state index contributed by atoms with van der Waals surface area (Å²) >= 11 is 0. The van der Waals surface area contributed by atoms with Gasteiger partial charge in [0.25, 0.3) is 0 Å². The molecule has 1 unspecified atom stereocenters. The number of hydrogen-bond donors (Lipinski definition) is 1. The average Bonchev–Trinajstić information content (AvgIpc) is 2.96. The van der Waals surface area contributed by atoms with Crippen molar-refractivity contribution in [1.29, 1.82) is 0 Å². The maximum absolute atomic E-state index is 5.92. The van der Waals surface area contributed by atoms with Crippen LogP contribution in [0.25, 0.3) is 10.9 Å². The van der Waals surface area contributed by atoms with Gasteiger partial charge in [-0.3, -0.25) is 4.90 Å². The summed E-state index contributed by atoms with van der Waals surface area (Å²) in [7, 11) is 2.15. The van der Waals surface area contributed by atoms with Gasteiger partial charge in [-0.05, 0) is 62.4 Å². The average molecular weight is 285 g/mol. The van der Waals surface area contributed by atoms with Crippen molar-refractivity contribution < 1.29 is 0 Å². The molecule has 1 aromatic carbocycles. The summed E-state index contributed by atoms with van der Waals surface area (Å²) < 4.78 is 2.27. The van der Waals surface area contributed by atoms with Gasteiger partial charge in [-0.25, -0.2) is 0 Å². The molecule has 1 aliphatic rings. The Bertz CT molecular complexity index is 652. The molecule has 0 amide bonds. The summed E-state index contributed by atoms with van der Waals surface area (Å²) in [5.74, 6) is 0. The van der Waals surface area contributed by atoms with Crippen molar-refractivity contribution in [2.24, 2.45) is 12.8 Å². The lowest BCUT2D eigenvalue weighted by Crippen LogP contribution is -2.24. The van der Waals surface area contributed by atoms with Crippen LogP contribution < -0.4 is 5.73 Å². The molecule has 0 radical (unpaired) electrons. The highest BCUT2D eigenvalue weighted by Crippen LogP contribution is 2.31. The van der Waals surface area contributed by atoms with E-state index in [0.717, 1.165) is 25.9 Å². The van der Waals surface area contributed by atoms with Gasteiger partial charge in [0.1, 0.15) is 0 Å². The maximum atomic E-state index is 5.92. The minimum absolute atomic E-state index is 0.270. The van der Waals surface area contributed by atoms with E-state index in [4.69, 9.17) is 5.73 Å². The van der Waals surface area contributed by atoms with Crippen LogP contribution in [-0.2, 0) is 26.6 Å². The van der Waals surface area contributed by atoms with Crippen molar-refractivity contribution >= 4 is 10.9 Å². The van der Waals surface area contributed by atoms with Crippen LogP contribution >= 0.6 is 0 Å². The van der Waals surface area contributed by atoms with E-state index in [-0.39, 0.29) is 6.04 Å². The summed E-state index contributed by atoms with van der Waals surface area (Å²) in [5, 5.41) is 1.42. The molecule has 2 heterocycles. The van der Waals surface area contributed by atoms with Gasteiger partial charge in [-0.15, -0.1) is 0 Å². The molecular weight excluding hydrogens is 258 g/mol. The Morgan fingerprint density at radius 2 is 1.81 bits per heavy atom. The number of hydrogen-bond acceptors (Lipinski definition) is 2. The normalized spacial score (nSPS) is 16.9. The highest BCUT2D eigenvalue weighted by Gasteiger charge is 2.22. The first-order valence-corrected chi connectivity index (χ1v) is 8.05. The zero-order valence-electron chi connectivity index (χ0n) is 13.7. The van der Waals surface area contributed by atoms with Gasteiger partial charge in [0, 0.05) is 49.3 Å². The Labute approximate surface area is 127 Å². The van der Waals surface area contributed by atoms with Crippen molar-refractivity contribution in [2.45, 2.75) is 58.8 Å². The molecule has 2 aromatic rings. The number of nitrogens with zero attached hydrogens (tertiary/aromatic N) is 2. The molecule has 0 aliphatic carbocycles. The van der Waals surface area contributed by atoms with Crippen LogP contribution in [0, 0.1) is 0 Å². The molecule has 3 rings (SSSR count). The summed E-state index contributed by atoms with van der Waals surface area (Å²) in [4.78, 5) is 2.53. The standard InChI is InChI=1S/C18H27N3/c1-12(2)21-10-15-7-17-14(6-5-13(3)19)9-20(4)18(17)8-16(15)11-21/h7-9,12-13H,5-6,10-11,19H2,1-4H3. The Balaban J connectivity index is 1.97. The molecule has 1 aromatic heterocycles. The van der Waals surface area contributed by atoms with Gasteiger partial charge >= 0.3 is 0 Å². The largest absolute Gasteiger partial charge is 0.350 e. The third kappa shape index (κ3) is 2.72. The van der Waals surface area contributed by atoms with E-state index in [1.54, 1.807) is 0 Å². The Morgan fingerprint density at radius 1 is 1.14 bits per heavy atom. The van der Waals surface area contributed by atoms with E-state index in [1.165, 1.54) is 27.6 Å². The molecule has 0 fully saturated rings. The van der Waals surface area contributed by atoms with Crippen molar-refractivity contribution in [2.75, 3.05) is 0 Å². The molecule has 0 bridgehead atoms. The number of aryl methyl sites for hydroxylation is 2. The van der Waals surface area contributed by atoms with Crippen LogP contribution in [0.15, 0.2) is 18.3 Å². The fourth-order valence-electron chi connectivity index (χ4n) is 3.33. The SMILES string of the molecule is CC(N)CCc1cn(C)c2cc3c(cc12)CN(C(C)C)C3. The lowest BCUT2D eigenvalue weighted by atomic mass is 10.0. The van der Waals surface area contributed by atoms with Gasteiger partial charge in [-0.1, -0.05) is 0 Å². The first-order valence-electron chi connectivity index (χ1n) is 8.05. The smallest absolute Gasteiger partial charge is 0.0484 e. The Hall–Kier alpha value is -1.32. The topological polar surface area (TPSA) is 34.2 Å². The molecule has 0 saturated heterocycles. The lowest BCUT2D eigenvalue weighted by Gasteiger charge is -2.18. The number of aromatic nitrogens is 1. The highest BCUT2D eigenvalue weighted by molar-refractivity contribution is 5.85. The summed E-state index contributed by atoms with van der Waals surface area (Å²) in [6.07, 6.45) is 4.40. The highest BCUT2D eigenvalue weighted by atomic mass is 15.2. The van der Waals surface area contributed by atoms with Crippen LogP contribution in [0.2, 0.25) is 0 Å². The molecule has 114 valence electrons. The molecule has 3 nitrogen and oxygen atoms in total. The van der Waals surface area contributed by atoms with Crippen LogP contribution in [0.3, 0.4) is 0 Å². The molecule has 1 aliphatic heterocycles. The second-order valence-corrected chi connectivity index (χ2v) is 6.92. The third-order valence-electron chi connectivity index (χ3n) is 4.74. The number of benzene rings is 1. The Kier molecular flexibility index (Phi) is 3.80. The predicted molar refractivity (Wildman–Crippen MR) is 89.3 cm³/mol. The molecule has 2 N–H and O–H groups in total. The van der Waals surface area contributed by atoms with Crippen molar-refractivity contribution in [3.8, 4) is 0 Å². The van der Waals surface area contributed by atoms with E-state index in [9.17, 15) is 0 Å². The summed E-state index contributed by atoms with van der Waals surface area (Å²) in [5.41, 5.74) is 11.7. The summed E-state index contributed by atoms with van der Waals surface area (Å²) in [6, 6.07) is 5.69. The lowest BCUT2D eigenvalue weighted by molar-refractivity contribution is 0.227. The predicted octanol–water partition coefficient (Wildman–Crippen LogP) is 3.18. The first-order chi connectivity index (χ1) is 9.95. The van der Waals surface area contributed by atoms with E-state index in [0.29, 0.717) is 6.04 Å². The van der Waals surface area contributed by atoms with Crippen molar-refractivity contribution in [1.82, 2.24) is 9.47 Å². The van der Waals surface area contributed by atoms with Crippen LogP contribution in [-0.4, -0.2) is 21.6 Å². The van der Waals surface area contributed by atoms with Crippen molar-refractivity contribution in [3.05, 3.63) is 35.0 Å². The first kappa shape index (κ1) is 14.6. The monoisotopic (exact) mass is 285 g/mol. The van der Waals surface area contributed by atoms with Gasteiger partial charge in [0.05, 0.1) is 0 Å². The van der Waals surface area contributed by atoms with E-state index < -0.39 is 0 Å². The second-order valence-electron chi connectivity index (χ2n) is 6.92. The van der Waals surface area contributed by atoms with Crippen LogP contribution in [0.1, 0.15) is 43.9 Å². The molecule has 1 atom stereocenters. The quantitative estimate of drug-likeness (QED) is 0.936. The molecule has 0 saturated carbocycles. The number of rotatable bonds is 4. The fraction of sp³-hybridized carbons (Fsp3) is 0.556. The zero-order chi connectivity index (χ0) is 15.1. The minimum atomic E-state index is 0.270. The van der Waals surface area contributed by atoms with Crippen LogP contribution in [0.5, 0.6) is 0 Å². The molecule has 3 heteroatoms. The summed E-state index contributed by atoms with van der Waals surface area (Å²) in [6.45, 7) is 8.82. The second kappa shape index (κ2) is 5.47. The van der Waals surface area contributed by atoms with E-state index in [1.807, 2.05) is 0 Å². The van der Waals surface area contributed by atoms with Gasteiger partial charge < -0.3 is 10.3 Å². The van der Waals surface area contributed by atoms with Crippen LogP contribution in [0.4, 0.5) is 0 Å². The van der Waals surface area contributed by atoms with E-state index >= 15 is 0 Å². The molecule has 0 spiro atoms. The molecular formula is C18H27N3. The van der Waals surface area contributed by atoms with Gasteiger partial charge in [0.15, 0.2) is 0 Å². The third-order valence-corrected chi connectivity index (χ3v) is 4.74. The van der Waals surface area contributed by atoms with Gasteiger partial charge in [-0.2, -0.15) is 0 Å². The molecule has 21 heavy (non-hydrogen) atoms. The van der Waals surface area contributed by atoms with E-state index in [2.05, 4.69) is 55.6 Å². The van der Waals surface area contributed by atoms with Crippen molar-refractivity contribution in [3.63, 3.8) is 0 Å². The zero-order valence-corrected chi connectivity index (χ0v) is 13.7. The fourth-order valence-corrected chi connectivity index (χ4v) is 3.33. The maximum Gasteiger partial charge on any atom is 0.0484 e. The Morgan fingerprint density at radius 3 is 2.43 bits per heavy atom. The van der Waals surface area contributed by atoms with Gasteiger partial charge in [0.2, 0.25) is 0 Å².